The standard InChI is InChI=1S/C24H39N5O2/c1-5-25-24(27-22-9-10-29(17-22)23(30)18(2)3)26-14-20-7-6-8-21(13-20)16-28-11-12-31-19(4)15-28/h6-8,13,18-19,22H,5,9-12,14-17H2,1-4H3,(H2,25,26,27). The van der Waals surface area contributed by atoms with Crippen LogP contribution >= 0.6 is 0 Å². The number of nitrogens with zero attached hydrogens (tertiary/aromatic N) is 3. The molecule has 1 aromatic carbocycles. The SMILES string of the molecule is CCNC(=NCc1cccc(CN2CCOC(C)C2)c1)NC1CCN(C(=O)C(C)C)C1. The Hall–Kier alpha value is -2.12. The molecular formula is C24H39N5O2. The van der Waals surface area contributed by atoms with Crippen LogP contribution in [0.1, 0.15) is 45.2 Å². The Morgan fingerprint density at radius 3 is 2.81 bits per heavy atom. The lowest BCUT2D eigenvalue weighted by Gasteiger charge is -2.31. The molecule has 2 heterocycles. The molecule has 0 aliphatic carbocycles. The molecule has 3 rings (SSSR count). The molecule has 2 aliphatic heterocycles. The van der Waals surface area contributed by atoms with E-state index in [2.05, 4.69) is 53.6 Å². The highest BCUT2D eigenvalue weighted by molar-refractivity contribution is 5.81. The van der Waals surface area contributed by atoms with Crippen molar-refractivity contribution < 1.29 is 9.53 Å². The van der Waals surface area contributed by atoms with Gasteiger partial charge < -0.3 is 20.3 Å². The van der Waals surface area contributed by atoms with Crippen LogP contribution in [0, 0.1) is 5.92 Å². The van der Waals surface area contributed by atoms with E-state index in [4.69, 9.17) is 9.73 Å². The van der Waals surface area contributed by atoms with E-state index in [9.17, 15) is 4.79 Å². The number of rotatable bonds is 7. The normalized spacial score (nSPS) is 22.7. The van der Waals surface area contributed by atoms with Crippen molar-refractivity contribution in [2.24, 2.45) is 10.9 Å². The number of amides is 1. The molecule has 0 bridgehead atoms. The van der Waals surface area contributed by atoms with Gasteiger partial charge in [0.25, 0.3) is 0 Å². The second-order valence-corrected chi connectivity index (χ2v) is 9.00. The minimum atomic E-state index is 0.0496. The molecular weight excluding hydrogens is 390 g/mol. The van der Waals surface area contributed by atoms with E-state index in [-0.39, 0.29) is 17.9 Å². The van der Waals surface area contributed by atoms with Gasteiger partial charge in [0.1, 0.15) is 0 Å². The fraction of sp³-hybridized carbons (Fsp3) is 0.667. The van der Waals surface area contributed by atoms with Gasteiger partial charge in [-0.1, -0.05) is 38.1 Å². The van der Waals surface area contributed by atoms with Gasteiger partial charge in [-0.25, -0.2) is 4.99 Å². The van der Waals surface area contributed by atoms with E-state index in [1.165, 1.54) is 11.1 Å². The average Bonchev–Trinajstić information content (AvgIpc) is 3.20. The van der Waals surface area contributed by atoms with Crippen LogP contribution in [0.4, 0.5) is 0 Å². The van der Waals surface area contributed by atoms with E-state index >= 15 is 0 Å². The number of morpholine rings is 1. The summed E-state index contributed by atoms with van der Waals surface area (Å²) in [4.78, 5) is 21.5. The van der Waals surface area contributed by atoms with Gasteiger partial charge in [-0.05, 0) is 31.4 Å². The zero-order valence-electron chi connectivity index (χ0n) is 19.6. The van der Waals surface area contributed by atoms with Crippen molar-refractivity contribution in [2.45, 2.75) is 59.4 Å². The summed E-state index contributed by atoms with van der Waals surface area (Å²) < 4.78 is 5.65. The first kappa shape index (κ1) is 23.5. The van der Waals surface area contributed by atoms with Crippen molar-refractivity contribution in [3.63, 3.8) is 0 Å². The number of carbonyl (C=O) groups excluding carboxylic acids is 1. The summed E-state index contributed by atoms with van der Waals surface area (Å²) in [5.41, 5.74) is 2.53. The highest BCUT2D eigenvalue weighted by atomic mass is 16.5. The van der Waals surface area contributed by atoms with E-state index in [0.717, 1.165) is 58.3 Å². The second-order valence-electron chi connectivity index (χ2n) is 9.00. The summed E-state index contributed by atoms with van der Waals surface area (Å²) in [6.45, 7) is 14.9. The first-order valence-corrected chi connectivity index (χ1v) is 11.7. The Labute approximate surface area is 187 Å². The third-order valence-corrected chi connectivity index (χ3v) is 5.82. The van der Waals surface area contributed by atoms with E-state index in [1.807, 2.05) is 18.7 Å². The van der Waals surface area contributed by atoms with Crippen LogP contribution in [0.3, 0.4) is 0 Å². The van der Waals surface area contributed by atoms with Crippen molar-refractivity contribution in [3.05, 3.63) is 35.4 Å². The molecule has 31 heavy (non-hydrogen) atoms. The molecule has 0 radical (unpaired) electrons. The summed E-state index contributed by atoms with van der Waals surface area (Å²) in [5.74, 6) is 1.10. The molecule has 2 atom stereocenters. The Morgan fingerprint density at radius 1 is 1.26 bits per heavy atom. The van der Waals surface area contributed by atoms with Crippen molar-refractivity contribution >= 4 is 11.9 Å². The van der Waals surface area contributed by atoms with Gasteiger partial charge in [0, 0.05) is 51.2 Å². The Kier molecular flexibility index (Phi) is 8.72. The second kappa shape index (κ2) is 11.5. The van der Waals surface area contributed by atoms with Crippen molar-refractivity contribution in [3.8, 4) is 0 Å². The van der Waals surface area contributed by atoms with E-state index < -0.39 is 0 Å². The van der Waals surface area contributed by atoms with Gasteiger partial charge in [0.2, 0.25) is 5.91 Å². The largest absolute Gasteiger partial charge is 0.376 e. The molecule has 7 nitrogen and oxygen atoms in total. The van der Waals surface area contributed by atoms with Crippen LogP contribution in [0.25, 0.3) is 0 Å². The smallest absolute Gasteiger partial charge is 0.225 e. The van der Waals surface area contributed by atoms with E-state index in [0.29, 0.717) is 12.6 Å². The van der Waals surface area contributed by atoms with Gasteiger partial charge in [-0.2, -0.15) is 0 Å². The maximum atomic E-state index is 12.2. The molecule has 172 valence electrons. The monoisotopic (exact) mass is 429 g/mol. The molecule has 0 spiro atoms. The predicted octanol–water partition coefficient (Wildman–Crippen LogP) is 2.22. The van der Waals surface area contributed by atoms with Crippen LogP contribution in [-0.2, 0) is 22.6 Å². The Morgan fingerprint density at radius 2 is 2.06 bits per heavy atom. The molecule has 2 saturated heterocycles. The minimum Gasteiger partial charge on any atom is -0.376 e. The number of nitrogens with one attached hydrogen (secondary N) is 2. The van der Waals surface area contributed by atoms with E-state index in [1.54, 1.807) is 0 Å². The molecule has 1 amide bonds. The molecule has 1 aromatic rings. The van der Waals surface area contributed by atoms with Crippen molar-refractivity contribution in [1.29, 1.82) is 0 Å². The van der Waals surface area contributed by atoms with Crippen LogP contribution < -0.4 is 10.6 Å². The van der Waals surface area contributed by atoms with Crippen molar-refractivity contribution in [2.75, 3.05) is 39.3 Å². The number of likely N-dealkylation sites (tertiary alicyclic amines) is 1. The number of benzene rings is 1. The maximum Gasteiger partial charge on any atom is 0.225 e. The zero-order chi connectivity index (χ0) is 22.2. The third kappa shape index (κ3) is 7.21. The van der Waals surface area contributed by atoms with Gasteiger partial charge in [0.15, 0.2) is 5.96 Å². The predicted molar refractivity (Wildman–Crippen MR) is 125 cm³/mol. The number of hydrogen-bond acceptors (Lipinski definition) is 4. The summed E-state index contributed by atoms with van der Waals surface area (Å²) in [5, 5.41) is 6.86. The third-order valence-electron chi connectivity index (χ3n) is 5.82. The number of hydrogen-bond donors (Lipinski definition) is 2. The average molecular weight is 430 g/mol. The molecule has 2 fully saturated rings. The fourth-order valence-electron chi connectivity index (χ4n) is 4.25. The summed E-state index contributed by atoms with van der Waals surface area (Å²) in [6.07, 6.45) is 1.26. The van der Waals surface area contributed by atoms with Gasteiger partial charge >= 0.3 is 0 Å². The van der Waals surface area contributed by atoms with Crippen molar-refractivity contribution in [1.82, 2.24) is 20.4 Å². The van der Waals surface area contributed by atoms with Gasteiger partial charge in [-0.3, -0.25) is 9.69 Å². The Bertz CT molecular complexity index is 751. The quantitative estimate of drug-likeness (QED) is 0.514. The van der Waals surface area contributed by atoms with Gasteiger partial charge in [-0.15, -0.1) is 0 Å². The molecule has 7 heteroatoms. The number of guanidine groups is 1. The number of ether oxygens (including phenoxy) is 1. The molecule has 2 unspecified atom stereocenters. The summed E-state index contributed by atoms with van der Waals surface area (Å²) in [7, 11) is 0. The molecule has 0 aromatic heterocycles. The minimum absolute atomic E-state index is 0.0496. The first-order valence-electron chi connectivity index (χ1n) is 11.7. The zero-order valence-corrected chi connectivity index (χ0v) is 19.6. The Balaban J connectivity index is 1.56. The number of aliphatic imine (C=N–C) groups is 1. The lowest BCUT2D eigenvalue weighted by molar-refractivity contribution is -0.133. The summed E-state index contributed by atoms with van der Waals surface area (Å²) in [6, 6.07) is 8.95. The highest BCUT2D eigenvalue weighted by Crippen LogP contribution is 2.14. The van der Waals surface area contributed by atoms with Crippen LogP contribution in [0.5, 0.6) is 0 Å². The summed E-state index contributed by atoms with van der Waals surface area (Å²) >= 11 is 0. The fourth-order valence-corrected chi connectivity index (χ4v) is 4.25. The van der Waals surface area contributed by atoms with Gasteiger partial charge in [0.05, 0.1) is 19.3 Å². The first-order chi connectivity index (χ1) is 14.9. The van der Waals surface area contributed by atoms with Crippen LogP contribution in [0.15, 0.2) is 29.3 Å². The molecule has 2 N–H and O–H groups in total. The molecule has 0 saturated carbocycles. The number of carbonyl (C=O) groups is 1. The maximum absolute atomic E-state index is 12.2. The molecule has 2 aliphatic rings. The lowest BCUT2D eigenvalue weighted by atomic mass is 10.1. The van der Waals surface area contributed by atoms with Crippen LogP contribution in [0.2, 0.25) is 0 Å². The van der Waals surface area contributed by atoms with Crippen LogP contribution in [-0.4, -0.2) is 73.1 Å². The lowest BCUT2D eigenvalue weighted by Crippen LogP contribution is -2.45. The topological polar surface area (TPSA) is 69.2 Å². The highest BCUT2D eigenvalue weighted by Gasteiger charge is 2.28.